The maximum Gasteiger partial charge on any atom is 0.189 e. The summed E-state index contributed by atoms with van der Waals surface area (Å²) in [4.78, 5) is 22.9. The molecule has 13 heavy (non-hydrogen) atoms. The van der Waals surface area contributed by atoms with Gasteiger partial charge in [-0.25, -0.2) is 0 Å². The summed E-state index contributed by atoms with van der Waals surface area (Å²) in [7, 11) is 0. The Balaban J connectivity index is 2.69. The molecule has 0 aliphatic heterocycles. The summed E-state index contributed by atoms with van der Waals surface area (Å²) >= 11 is 0. The van der Waals surface area contributed by atoms with Crippen molar-refractivity contribution in [2.75, 3.05) is 0 Å². The largest absolute Gasteiger partial charge is 0.289 e. The van der Waals surface area contributed by atoms with Crippen LogP contribution in [0.4, 0.5) is 0 Å². The van der Waals surface area contributed by atoms with Crippen LogP contribution in [-0.2, 0) is 0 Å². The number of ketones is 2. The van der Waals surface area contributed by atoms with Crippen LogP contribution in [-0.4, -0.2) is 11.6 Å². The third kappa shape index (κ3) is 1.11. The highest BCUT2D eigenvalue weighted by molar-refractivity contribution is 6.24. The highest BCUT2D eigenvalue weighted by atomic mass is 16.1. The molecule has 0 amide bonds. The maximum atomic E-state index is 11.5. The van der Waals surface area contributed by atoms with Crippen molar-refractivity contribution in [3.8, 4) is 0 Å². The van der Waals surface area contributed by atoms with E-state index in [0.29, 0.717) is 16.7 Å². The van der Waals surface area contributed by atoms with Gasteiger partial charge in [-0.2, -0.15) is 0 Å². The molecule has 0 aromatic heterocycles. The standard InChI is InChI=1S/C11H7O2/c1-7-6-10(12)8-4-2-3-5-9(8)11(7)13/h3-6H,1H3. The Bertz CT molecular complexity index is 427. The summed E-state index contributed by atoms with van der Waals surface area (Å²) in [6.07, 6.45) is 1.37. The summed E-state index contributed by atoms with van der Waals surface area (Å²) in [6.45, 7) is 1.65. The first-order chi connectivity index (χ1) is 6.20. The molecule has 1 aliphatic rings. The van der Waals surface area contributed by atoms with Gasteiger partial charge in [0.05, 0.1) is 0 Å². The number of carbonyl (C=O) groups is 2. The van der Waals surface area contributed by atoms with Crippen molar-refractivity contribution in [1.82, 2.24) is 0 Å². The quantitative estimate of drug-likeness (QED) is 0.596. The lowest BCUT2D eigenvalue weighted by atomic mass is 9.90. The van der Waals surface area contributed by atoms with Crippen LogP contribution in [0.2, 0.25) is 0 Å². The first-order valence-corrected chi connectivity index (χ1v) is 3.97. The van der Waals surface area contributed by atoms with Crippen molar-refractivity contribution in [3.05, 3.63) is 47.0 Å². The van der Waals surface area contributed by atoms with Crippen molar-refractivity contribution in [2.45, 2.75) is 6.92 Å². The number of carbonyl (C=O) groups excluding carboxylic acids is 2. The fraction of sp³-hybridized carbons (Fsp3) is 0.0909. The van der Waals surface area contributed by atoms with Crippen molar-refractivity contribution in [3.63, 3.8) is 0 Å². The lowest BCUT2D eigenvalue weighted by Gasteiger charge is -2.10. The Morgan fingerprint density at radius 2 is 2.00 bits per heavy atom. The van der Waals surface area contributed by atoms with E-state index in [0.717, 1.165) is 0 Å². The highest BCUT2D eigenvalue weighted by Gasteiger charge is 2.21. The zero-order valence-corrected chi connectivity index (χ0v) is 7.13. The Morgan fingerprint density at radius 3 is 2.77 bits per heavy atom. The Hall–Kier alpha value is -1.70. The lowest BCUT2D eigenvalue weighted by molar-refractivity contribution is 0.0984. The molecule has 2 heteroatoms. The molecule has 2 nitrogen and oxygen atoms in total. The number of Topliss-reactive ketones (excluding diaryl/α,β-unsaturated/α-hetero) is 1. The number of fused-ring (bicyclic) bond motifs is 1. The fourth-order valence-electron chi connectivity index (χ4n) is 1.38. The molecular weight excluding hydrogens is 164 g/mol. The van der Waals surface area contributed by atoms with E-state index in [4.69, 9.17) is 0 Å². The molecule has 0 atom stereocenters. The first-order valence-electron chi connectivity index (χ1n) is 3.97. The maximum absolute atomic E-state index is 11.5. The molecule has 0 heterocycles. The second-order valence-corrected chi connectivity index (χ2v) is 2.99. The molecule has 1 aromatic rings. The summed E-state index contributed by atoms with van der Waals surface area (Å²) in [5, 5.41) is 0. The number of hydrogen-bond acceptors (Lipinski definition) is 2. The van der Waals surface area contributed by atoms with Gasteiger partial charge in [-0.05, 0) is 31.2 Å². The monoisotopic (exact) mass is 171 g/mol. The van der Waals surface area contributed by atoms with E-state index in [9.17, 15) is 9.59 Å². The third-order valence-corrected chi connectivity index (χ3v) is 2.08. The number of hydrogen-bond donors (Lipinski definition) is 0. The van der Waals surface area contributed by atoms with Gasteiger partial charge in [0.2, 0.25) is 0 Å². The fourth-order valence-corrected chi connectivity index (χ4v) is 1.38. The second kappa shape index (κ2) is 2.66. The molecule has 0 fully saturated rings. The van der Waals surface area contributed by atoms with Gasteiger partial charge in [0.15, 0.2) is 11.6 Å². The minimum Gasteiger partial charge on any atom is -0.289 e. The molecule has 63 valence electrons. The smallest absolute Gasteiger partial charge is 0.189 e. The summed E-state index contributed by atoms with van der Waals surface area (Å²) in [5.74, 6) is -0.174. The van der Waals surface area contributed by atoms with Gasteiger partial charge in [0.25, 0.3) is 0 Å². The van der Waals surface area contributed by atoms with E-state index in [1.54, 1.807) is 25.1 Å². The van der Waals surface area contributed by atoms with Crippen LogP contribution >= 0.6 is 0 Å². The molecule has 1 aromatic carbocycles. The zero-order valence-electron chi connectivity index (χ0n) is 7.13. The minimum atomic E-state index is -0.107. The van der Waals surface area contributed by atoms with Gasteiger partial charge < -0.3 is 0 Å². The van der Waals surface area contributed by atoms with Gasteiger partial charge in [-0.1, -0.05) is 6.07 Å². The summed E-state index contributed by atoms with van der Waals surface area (Å²) in [6, 6.07) is 7.61. The molecule has 2 rings (SSSR count). The van der Waals surface area contributed by atoms with Gasteiger partial charge in [-0.15, -0.1) is 0 Å². The van der Waals surface area contributed by atoms with Crippen LogP contribution in [0.1, 0.15) is 27.6 Å². The molecule has 0 unspecified atom stereocenters. The van der Waals surface area contributed by atoms with Gasteiger partial charge in [0, 0.05) is 16.7 Å². The van der Waals surface area contributed by atoms with Crippen molar-refractivity contribution in [1.29, 1.82) is 0 Å². The highest BCUT2D eigenvalue weighted by Crippen LogP contribution is 2.19. The van der Waals surface area contributed by atoms with Gasteiger partial charge >= 0.3 is 0 Å². The van der Waals surface area contributed by atoms with E-state index in [1.165, 1.54) is 6.08 Å². The van der Waals surface area contributed by atoms with Crippen LogP contribution in [0.5, 0.6) is 0 Å². The number of benzene rings is 1. The number of allylic oxidation sites excluding steroid dienone is 2. The summed E-state index contributed by atoms with van der Waals surface area (Å²) < 4.78 is 0. The molecule has 1 aliphatic carbocycles. The predicted molar refractivity (Wildman–Crippen MR) is 47.7 cm³/mol. The minimum absolute atomic E-state index is 0.0661. The lowest BCUT2D eigenvalue weighted by Crippen LogP contribution is -2.14. The Morgan fingerprint density at radius 1 is 1.23 bits per heavy atom. The molecular formula is C11H7O2. The average molecular weight is 171 g/mol. The van der Waals surface area contributed by atoms with Crippen molar-refractivity contribution < 1.29 is 9.59 Å². The third-order valence-electron chi connectivity index (χ3n) is 2.08. The van der Waals surface area contributed by atoms with Crippen LogP contribution in [0.25, 0.3) is 0 Å². The molecule has 0 saturated heterocycles. The molecule has 0 saturated carbocycles. The second-order valence-electron chi connectivity index (χ2n) is 2.99. The summed E-state index contributed by atoms with van der Waals surface area (Å²) in [5.41, 5.74) is 1.45. The predicted octanol–water partition coefficient (Wildman–Crippen LogP) is 1.81. The van der Waals surface area contributed by atoms with Crippen molar-refractivity contribution in [2.24, 2.45) is 0 Å². The molecule has 1 radical (unpaired) electrons. The normalized spacial score (nSPS) is 15.3. The van der Waals surface area contributed by atoms with Crippen LogP contribution < -0.4 is 0 Å². The van der Waals surface area contributed by atoms with Crippen molar-refractivity contribution >= 4 is 11.6 Å². The zero-order chi connectivity index (χ0) is 9.42. The van der Waals surface area contributed by atoms with Gasteiger partial charge in [-0.3, -0.25) is 9.59 Å². The van der Waals surface area contributed by atoms with E-state index < -0.39 is 0 Å². The van der Waals surface area contributed by atoms with E-state index >= 15 is 0 Å². The van der Waals surface area contributed by atoms with E-state index in [2.05, 4.69) is 6.07 Å². The average Bonchev–Trinajstić information content (AvgIpc) is 2.15. The topological polar surface area (TPSA) is 34.1 Å². The van der Waals surface area contributed by atoms with E-state index in [1.807, 2.05) is 0 Å². The Labute approximate surface area is 75.9 Å². The van der Waals surface area contributed by atoms with Gasteiger partial charge in [0.1, 0.15) is 0 Å². The SMILES string of the molecule is CC1=CC(=O)c2c[c]ccc2C1=O. The molecule has 0 bridgehead atoms. The Kier molecular flexibility index (Phi) is 1.62. The van der Waals surface area contributed by atoms with Crippen LogP contribution in [0, 0.1) is 6.07 Å². The molecule has 0 N–H and O–H groups in total. The molecule has 0 spiro atoms. The van der Waals surface area contributed by atoms with Crippen LogP contribution in [0.15, 0.2) is 29.8 Å². The van der Waals surface area contributed by atoms with E-state index in [-0.39, 0.29) is 11.6 Å². The van der Waals surface area contributed by atoms with Crippen LogP contribution in [0.3, 0.4) is 0 Å². The first kappa shape index (κ1) is 7.92. The number of rotatable bonds is 0.